The molecule has 56 valence electrons. The van der Waals surface area contributed by atoms with Gasteiger partial charge in [0.2, 0.25) is 10.0 Å². The molecule has 0 aliphatic heterocycles. The van der Waals surface area contributed by atoms with Crippen LogP contribution >= 0.6 is 0 Å². The Labute approximate surface area is 55.6 Å². The Balaban J connectivity index is 3.67. The number of primary sulfonamides is 1. The van der Waals surface area contributed by atoms with Crippen LogP contribution in [0.15, 0.2) is 0 Å². The lowest BCUT2D eigenvalue weighted by Gasteiger charge is -1.91. The fraction of sp³-hybridized carbons (Fsp3) is 1.00. The zero-order chi connectivity index (χ0) is 7.49. The number of rotatable bonds is 3. The van der Waals surface area contributed by atoms with Crippen LogP contribution in [0.25, 0.3) is 0 Å². The van der Waals surface area contributed by atoms with Gasteiger partial charge < -0.3 is 4.55 Å². The van der Waals surface area contributed by atoms with Crippen LogP contribution in [0.2, 0.25) is 0 Å². The van der Waals surface area contributed by atoms with Crippen LogP contribution in [0, 0.1) is 0 Å². The van der Waals surface area contributed by atoms with Crippen LogP contribution in [0.4, 0.5) is 0 Å². The van der Waals surface area contributed by atoms with E-state index in [2.05, 4.69) is 5.14 Å². The third-order valence-corrected chi connectivity index (χ3v) is 2.13. The second-order valence-corrected chi connectivity index (χ2v) is 4.18. The maximum atomic E-state index is 10.1. The molecule has 0 spiro atoms. The lowest BCUT2D eigenvalue weighted by molar-refractivity contribution is 0.563. The van der Waals surface area contributed by atoms with E-state index in [4.69, 9.17) is 4.55 Å². The number of hydrogen-bond donors (Lipinski definition) is 2. The fourth-order valence-electron chi connectivity index (χ4n) is 0.187. The zero-order valence-corrected chi connectivity index (χ0v) is 6.11. The molecular weight excluding hydrogens is 166 g/mol. The number of sulfonamides is 1. The van der Waals surface area contributed by atoms with Crippen molar-refractivity contribution < 1.29 is 17.2 Å². The molecule has 0 heterocycles. The van der Waals surface area contributed by atoms with Gasteiger partial charge in [0, 0.05) is 0 Å². The largest absolute Gasteiger partial charge is 0.306 e. The van der Waals surface area contributed by atoms with Gasteiger partial charge in [0.15, 0.2) is 11.1 Å². The van der Waals surface area contributed by atoms with E-state index in [1.54, 1.807) is 0 Å². The smallest absolute Gasteiger partial charge is 0.210 e. The van der Waals surface area contributed by atoms with Crippen molar-refractivity contribution in [3.63, 3.8) is 0 Å². The van der Waals surface area contributed by atoms with Crippen molar-refractivity contribution in [1.29, 1.82) is 0 Å². The van der Waals surface area contributed by atoms with Gasteiger partial charge in [-0.15, -0.1) is 0 Å². The SMILES string of the molecule is NS(=O)(=O)CCS(=O)O. The van der Waals surface area contributed by atoms with E-state index in [0.29, 0.717) is 0 Å². The Morgan fingerprint density at radius 1 is 1.56 bits per heavy atom. The summed E-state index contributed by atoms with van der Waals surface area (Å²) >= 11 is -2.07. The maximum absolute atomic E-state index is 10.1. The summed E-state index contributed by atoms with van der Waals surface area (Å²) in [5, 5.41) is 4.51. The Morgan fingerprint density at radius 3 is 2.11 bits per heavy atom. The van der Waals surface area contributed by atoms with Gasteiger partial charge in [-0.25, -0.2) is 17.8 Å². The molecule has 0 rings (SSSR count). The molecule has 0 aromatic carbocycles. The molecule has 7 heteroatoms. The number of hydrogen-bond acceptors (Lipinski definition) is 3. The van der Waals surface area contributed by atoms with E-state index in [1.807, 2.05) is 0 Å². The highest BCUT2D eigenvalue weighted by atomic mass is 32.2. The van der Waals surface area contributed by atoms with Crippen molar-refractivity contribution in [1.82, 2.24) is 0 Å². The van der Waals surface area contributed by atoms with Gasteiger partial charge in [-0.2, -0.15) is 0 Å². The first-order valence-electron chi connectivity index (χ1n) is 2.00. The molecule has 3 N–H and O–H groups in total. The van der Waals surface area contributed by atoms with E-state index in [0.717, 1.165) is 0 Å². The minimum atomic E-state index is -3.57. The molecule has 0 aliphatic rings. The van der Waals surface area contributed by atoms with E-state index >= 15 is 0 Å². The molecule has 9 heavy (non-hydrogen) atoms. The van der Waals surface area contributed by atoms with Crippen LogP contribution in [0.3, 0.4) is 0 Å². The quantitative estimate of drug-likeness (QED) is 0.507. The Bertz CT molecular complexity index is 195. The van der Waals surface area contributed by atoms with Crippen LogP contribution in [-0.2, 0) is 21.1 Å². The number of nitrogens with two attached hydrogens (primary N) is 1. The van der Waals surface area contributed by atoms with Crippen molar-refractivity contribution in [2.75, 3.05) is 11.5 Å². The van der Waals surface area contributed by atoms with Gasteiger partial charge in [0.05, 0.1) is 11.5 Å². The standard InChI is InChI=1S/C2H7NO4S2/c3-9(6,7)2-1-8(4)5/h1-2H2,(H,4,5)(H2,3,6,7). The van der Waals surface area contributed by atoms with Gasteiger partial charge >= 0.3 is 0 Å². The molecule has 1 atom stereocenters. The Hall–Kier alpha value is 0.0200. The van der Waals surface area contributed by atoms with Crippen molar-refractivity contribution >= 4 is 21.1 Å². The summed E-state index contributed by atoms with van der Waals surface area (Å²) in [5.41, 5.74) is 0. The van der Waals surface area contributed by atoms with Crippen molar-refractivity contribution in [2.45, 2.75) is 0 Å². The average Bonchev–Trinajstić information content (AvgIpc) is 1.59. The first kappa shape index (κ1) is 9.02. The summed E-state index contributed by atoms with van der Waals surface area (Å²) in [4.78, 5) is 0. The lowest BCUT2D eigenvalue weighted by Crippen LogP contribution is -2.20. The van der Waals surface area contributed by atoms with E-state index in [1.165, 1.54) is 0 Å². The Kier molecular flexibility index (Phi) is 3.26. The predicted molar refractivity (Wildman–Crippen MR) is 33.6 cm³/mol. The molecule has 1 unspecified atom stereocenters. The summed E-state index contributed by atoms with van der Waals surface area (Å²) in [5.74, 6) is -0.769. The first-order valence-corrected chi connectivity index (χ1v) is 4.99. The van der Waals surface area contributed by atoms with Gasteiger partial charge in [-0.3, -0.25) is 0 Å². The fourth-order valence-corrected chi connectivity index (χ4v) is 1.69. The molecule has 0 saturated heterocycles. The first-order chi connectivity index (χ1) is 3.92. The third-order valence-electron chi connectivity index (χ3n) is 0.542. The highest BCUT2D eigenvalue weighted by molar-refractivity contribution is 7.90. The topological polar surface area (TPSA) is 97.5 Å². The summed E-state index contributed by atoms with van der Waals surface area (Å²) < 4.78 is 38.0. The second kappa shape index (κ2) is 3.25. The molecule has 0 aliphatic carbocycles. The van der Waals surface area contributed by atoms with Crippen LogP contribution in [0.1, 0.15) is 0 Å². The lowest BCUT2D eigenvalue weighted by atomic mass is 11.0. The second-order valence-electron chi connectivity index (χ2n) is 1.39. The minimum Gasteiger partial charge on any atom is -0.306 e. The maximum Gasteiger partial charge on any atom is 0.210 e. The minimum absolute atomic E-state index is 0.321. The van der Waals surface area contributed by atoms with Gasteiger partial charge in [0.25, 0.3) is 0 Å². The molecule has 0 bridgehead atoms. The highest BCUT2D eigenvalue weighted by Gasteiger charge is 2.03. The molecule has 0 fully saturated rings. The van der Waals surface area contributed by atoms with E-state index in [9.17, 15) is 12.6 Å². The summed E-state index contributed by atoms with van der Waals surface area (Å²) in [6, 6.07) is 0. The molecule has 0 saturated carbocycles. The highest BCUT2D eigenvalue weighted by Crippen LogP contribution is 1.79. The normalized spacial score (nSPS) is 15.3. The van der Waals surface area contributed by atoms with Crippen molar-refractivity contribution in [3.05, 3.63) is 0 Å². The molecule has 5 nitrogen and oxygen atoms in total. The molecule has 0 radical (unpaired) electrons. The van der Waals surface area contributed by atoms with Gasteiger partial charge in [0.1, 0.15) is 0 Å². The monoisotopic (exact) mass is 173 g/mol. The summed E-state index contributed by atoms with van der Waals surface area (Å²) in [7, 11) is -3.57. The third kappa shape index (κ3) is 8.02. The average molecular weight is 173 g/mol. The summed E-state index contributed by atoms with van der Waals surface area (Å²) in [6.45, 7) is 0. The van der Waals surface area contributed by atoms with Crippen LogP contribution < -0.4 is 5.14 Å². The molecule has 0 aromatic rings. The van der Waals surface area contributed by atoms with Crippen LogP contribution in [-0.4, -0.2) is 28.7 Å². The molecular formula is C2H7NO4S2. The zero-order valence-electron chi connectivity index (χ0n) is 4.48. The summed E-state index contributed by atoms with van der Waals surface area (Å²) in [6.07, 6.45) is 0. The van der Waals surface area contributed by atoms with Gasteiger partial charge in [-0.05, 0) is 0 Å². The van der Waals surface area contributed by atoms with E-state index in [-0.39, 0.29) is 5.75 Å². The molecule has 0 amide bonds. The Morgan fingerprint density at radius 2 is 2.00 bits per heavy atom. The van der Waals surface area contributed by atoms with Gasteiger partial charge in [-0.1, -0.05) is 0 Å². The van der Waals surface area contributed by atoms with Crippen molar-refractivity contribution in [3.8, 4) is 0 Å². The predicted octanol–water partition coefficient (Wildman–Crippen LogP) is -1.50. The molecule has 0 aromatic heterocycles. The van der Waals surface area contributed by atoms with Crippen molar-refractivity contribution in [2.24, 2.45) is 5.14 Å². The van der Waals surface area contributed by atoms with Crippen LogP contribution in [0.5, 0.6) is 0 Å². The van der Waals surface area contributed by atoms with E-state index < -0.39 is 26.9 Å².